The summed E-state index contributed by atoms with van der Waals surface area (Å²) < 4.78 is 0. The molecule has 0 aromatic heterocycles. The van der Waals surface area contributed by atoms with Crippen LogP contribution >= 0.6 is 11.6 Å². The van der Waals surface area contributed by atoms with E-state index >= 15 is 0 Å². The van der Waals surface area contributed by atoms with Crippen LogP contribution in [-0.4, -0.2) is 25.0 Å². The topological polar surface area (TPSA) is 41.1 Å². The molecule has 0 radical (unpaired) electrons. The molecule has 1 atom stereocenters. The molecule has 1 heterocycles. The van der Waals surface area contributed by atoms with Gasteiger partial charge in [-0.3, -0.25) is 4.79 Å². The first-order chi connectivity index (χ1) is 7.75. The molecule has 1 aromatic rings. The summed E-state index contributed by atoms with van der Waals surface area (Å²) in [6, 6.07) is 7.72. The Hall–Kier alpha value is -1.06. The van der Waals surface area contributed by atoms with Crippen LogP contribution in [0.3, 0.4) is 0 Å². The van der Waals surface area contributed by atoms with Crippen LogP contribution in [0, 0.1) is 0 Å². The number of carbonyl (C=O) groups excluding carboxylic acids is 1. The number of rotatable bonds is 3. The van der Waals surface area contributed by atoms with Gasteiger partial charge in [0.2, 0.25) is 5.91 Å². The van der Waals surface area contributed by atoms with Gasteiger partial charge in [0, 0.05) is 18.1 Å². The summed E-state index contributed by atoms with van der Waals surface area (Å²) in [7, 11) is 0. The normalized spacial score (nSPS) is 20.6. The van der Waals surface area contributed by atoms with Gasteiger partial charge in [0.25, 0.3) is 0 Å². The highest BCUT2D eigenvalue weighted by molar-refractivity contribution is 6.30. The van der Waals surface area contributed by atoms with E-state index < -0.39 is 0 Å². The van der Waals surface area contributed by atoms with Crippen molar-refractivity contribution in [3.63, 3.8) is 0 Å². The van der Waals surface area contributed by atoms with Gasteiger partial charge in [0.1, 0.15) is 0 Å². The number of hydrogen-bond donors (Lipinski definition) is 2. The molecule has 0 aliphatic carbocycles. The fourth-order valence-corrected chi connectivity index (χ4v) is 1.97. The van der Waals surface area contributed by atoms with Crippen LogP contribution in [0.5, 0.6) is 0 Å². The zero-order chi connectivity index (χ0) is 11.4. The molecule has 1 aliphatic heterocycles. The molecule has 1 aromatic carbocycles. The third-order valence-corrected chi connectivity index (χ3v) is 3.02. The Morgan fingerprint density at radius 1 is 1.25 bits per heavy atom. The van der Waals surface area contributed by atoms with Crippen LogP contribution in [0.25, 0.3) is 0 Å². The molecule has 4 heteroatoms. The van der Waals surface area contributed by atoms with Crippen molar-refractivity contribution >= 4 is 17.5 Å². The zero-order valence-electron chi connectivity index (χ0n) is 9.00. The van der Waals surface area contributed by atoms with E-state index in [1.807, 2.05) is 24.3 Å². The highest BCUT2D eigenvalue weighted by Gasteiger charge is 2.20. The maximum Gasteiger partial charge on any atom is 0.237 e. The standard InChI is InChI=1S/C12H15ClN2O/c13-10-4-1-9(2-5-10)3-6-11-12(16)15-8-7-14-11/h1-2,4-5,11,14H,3,6-8H2,(H,15,16). The quantitative estimate of drug-likeness (QED) is 0.835. The number of aryl methyl sites for hydroxylation is 1. The Balaban J connectivity index is 1.86. The molecule has 1 fully saturated rings. The van der Waals surface area contributed by atoms with Gasteiger partial charge in [-0.15, -0.1) is 0 Å². The Morgan fingerprint density at radius 2 is 2.00 bits per heavy atom. The highest BCUT2D eigenvalue weighted by Crippen LogP contribution is 2.12. The van der Waals surface area contributed by atoms with Gasteiger partial charge in [-0.2, -0.15) is 0 Å². The van der Waals surface area contributed by atoms with Crippen LogP contribution in [-0.2, 0) is 11.2 Å². The molecule has 3 nitrogen and oxygen atoms in total. The van der Waals surface area contributed by atoms with Gasteiger partial charge in [-0.25, -0.2) is 0 Å². The Bertz CT molecular complexity index is 364. The second kappa shape index (κ2) is 5.32. The van der Waals surface area contributed by atoms with Gasteiger partial charge in [-0.05, 0) is 30.5 Å². The van der Waals surface area contributed by atoms with E-state index in [9.17, 15) is 4.79 Å². The number of piperazine rings is 1. The van der Waals surface area contributed by atoms with E-state index in [1.54, 1.807) is 0 Å². The Morgan fingerprint density at radius 3 is 2.69 bits per heavy atom. The Kier molecular flexibility index (Phi) is 3.80. The van der Waals surface area contributed by atoms with Crippen molar-refractivity contribution in [1.82, 2.24) is 10.6 Å². The molecule has 0 saturated carbocycles. The maximum absolute atomic E-state index is 11.5. The molecule has 1 saturated heterocycles. The molecule has 2 N–H and O–H groups in total. The predicted octanol–water partition coefficient (Wildman–Crippen LogP) is 1.36. The smallest absolute Gasteiger partial charge is 0.237 e. The summed E-state index contributed by atoms with van der Waals surface area (Å²) in [6.45, 7) is 1.59. The summed E-state index contributed by atoms with van der Waals surface area (Å²) in [4.78, 5) is 11.5. The molecular weight excluding hydrogens is 224 g/mol. The average molecular weight is 239 g/mol. The third-order valence-electron chi connectivity index (χ3n) is 2.77. The van der Waals surface area contributed by atoms with E-state index in [2.05, 4.69) is 10.6 Å². The summed E-state index contributed by atoms with van der Waals surface area (Å²) in [5.74, 6) is 0.111. The van der Waals surface area contributed by atoms with Crippen LogP contribution < -0.4 is 10.6 Å². The second-order valence-corrected chi connectivity index (χ2v) is 4.40. The molecule has 0 bridgehead atoms. The SMILES string of the molecule is O=C1NCCNC1CCc1ccc(Cl)cc1. The first kappa shape index (κ1) is 11.4. The molecule has 1 unspecified atom stereocenters. The first-order valence-electron chi connectivity index (χ1n) is 5.51. The van der Waals surface area contributed by atoms with Crippen LogP contribution in [0.2, 0.25) is 5.02 Å². The monoisotopic (exact) mass is 238 g/mol. The number of nitrogens with one attached hydrogen (secondary N) is 2. The van der Waals surface area contributed by atoms with Gasteiger partial charge < -0.3 is 10.6 Å². The number of halogens is 1. The van der Waals surface area contributed by atoms with Crippen molar-refractivity contribution in [1.29, 1.82) is 0 Å². The molecular formula is C12H15ClN2O. The lowest BCUT2D eigenvalue weighted by Crippen LogP contribution is -2.52. The van der Waals surface area contributed by atoms with Crippen molar-refractivity contribution in [2.45, 2.75) is 18.9 Å². The molecule has 16 heavy (non-hydrogen) atoms. The lowest BCUT2D eigenvalue weighted by molar-refractivity contribution is -0.124. The zero-order valence-corrected chi connectivity index (χ0v) is 9.76. The van der Waals surface area contributed by atoms with Crippen molar-refractivity contribution in [3.05, 3.63) is 34.9 Å². The minimum atomic E-state index is -0.0515. The van der Waals surface area contributed by atoms with Gasteiger partial charge >= 0.3 is 0 Å². The van der Waals surface area contributed by atoms with Gasteiger partial charge in [-0.1, -0.05) is 23.7 Å². The fourth-order valence-electron chi connectivity index (χ4n) is 1.84. The highest BCUT2D eigenvalue weighted by atomic mass is 35.5. The van der Waals surface area contributed by atoms with Crippen LogP contribution in [0.15, 0.2) is 24.3 Å². The van der Waals surface area contributed by atoms with Crippen LogP contribution in [0.1, 0.15) is 12.0 Å². The minimum Gasteiger partial charge on any atom is -0.353 e. The number of amides is 1. The fraction of sp³-hybridized carbons (Fsp3) is 0.417. The van der Waals surface area contributed by atoms with Gasteiger partial charge in [0.15, 0.2) is 0 Å². The predicted molar refractivity (Wildman–Crippen MR) is 64.6 cm³/mol. The largest absolute Gasteiger partial charge is 0.353 e. The third kappa shape index (κ3) is 2.97. The Labute approximate surface area is 100 Å². The lowest BCUT2D eigenvalue weighted by Gasteiger charge is -2.23. The maximum atomic E-state index is 11.5. The van der Waals surface area contributed by atoms with E-state index in [1.165, 1.54) is 5.56 Å². The number of hydrogen-bond acceptors (Lipinski definition) is 2. The molecule has 0 spiro atoms. The van der Waals surface area contributed by atoms with Crippen molar-refractivity contribution in [2.75, 3.05) is 13.1 Å². The van der Waals surface area contributed by atoms with Gasteiger partial charge in [0.05, 0.1) is 6.04 Å². The van der Waals surface area contributed by atoms with Crippen molar-refractivity contribution in [2.24, 2.45) is 0 Å². The summed E-state index contributed by atoms with van der Waals surface area (Å²) in [6.07, 6.45) is 1.72. The van der Waals surface area contributed by atoms with Crippen LogP contribution in [0.4, 0.5) is 0 Å². The first-order valence-corrected chi connectivity index (χ1v) is 5.89. The second-order valence-electron chi connectivity index (χ2n) is 3.96. The minimum absolute atomic E-state index is 0.0515. The summed E-state index contributed by atoms with van der Waals surface area (Å²) in [5.41, 5.74) is 1.21. The van der Waals surface area contributed by atoms with Crippen molar-refractivity contribution < 1.29 is 4.79 Å². The summed E-state index contributed by atoms with van der Waals surface area (Å²) in [5, 5.41) is 6.81. The molecule has 1 aliphatic rings. The molecule has 2 rings (SSSR count). The van der Waals surface area contributed by atoms with Crippen molar-refractivity contribution in [3.8, 4) is 0 Å². The van der Waals surface area contributed by atoms with E-state index in [0.29, 0.717) is 0 Å². The molecule has 86 valence electrons. The number of carbonyl (C=O) groups is 1. The molecule has 1 amide bonds. The van der Waals surface area contributed by atoms with E-state index in [-0.39, 0.29) is 11.9 Å². The lowest BCUT2D eigenvalue weighted by atomic mass is 10.0. The summed E-state index contributed by atoms with van der Waals surface area (Å²) >= 11 is 5.81. The van der Waals surface area contributed by atoms with E-state index in [4.69, 9.17) is 11.6 Å². The average Bonchev–Trinajstić information content (AvgIpc) is 2.30. The number of benzene rings is 1. The van der Waals surface area contributed by atoms with E-state index in [0.717, 1.165) is 31.0 Å².